The molecule has 0 aliphatic carbocycles. The lowest BCUT2D eigenvalue weighted by atomic mass is 10.1. The highest BCUT2D eigenvalue weighted by Crippen LogP contribution is 2.32. The maximum absolute atomic E-state index is 12.8. The number of amides is 1. The molecule has 0 unspecified atom stereocenters. The molecule has 0 saturated carbocycles. The van der Waals surface area contributed by atoms with Crippen LogP contribution >= 0.6 is 0 Å². The van der Waals surface area contributed by atoms with Gasteiger partial charge in [0, 0.05) is 12.1 Å². The molecular weight excluding hydrogens is 351 g/mol. The van der Waals surface area contributed by atoms with Crippen LogP contribution in [0.4, 0.5) is 13.2 Å². The number of carbonyl (C=O) groups excluding carboxylic acids is 2. The molecule has 1 heterocycles. The van der Waals surface area contributed by atoms with Crippen LogP contribution in [0.15, 0.2) is 53.5 Å². The van der Waals surface area contributed by atoms with Crippen LogP contribution in [0.1, 0.15) is 23.0 Å². The van der Waals surface area contributed by atoms with E-state index >= 15 is 0 Å². The first kappa shape index (κ1) is 19.3. The Morgan fingerprint density at radius 3 is 2.69 bits per heavy atom. The number of ether oxygens (including phenoxy) is 1. The van der Waals surface area contributed by atoms with Crippen LogP contribution in [0.2, 0.25) is 0 Å². The van der Waals surface area contributed by atoms with Crippen molar-refractivity contribution in [1.29, 1.82) is 0 Å². The van der Waals surface area contributed by atoms with Gasteiger partial charge in [-0.15, -0.1) is 6.58 Å². The molecule has 0 aliphatic heterocycles. The highest BCUT2D eigenvalue weighted by atomic mass is 19.4. The molecule has 2 aromatic rings. The molecule has 5 nitrogen and oxygen atoms in total. The van der Waals surface area contributed by atoms with Crippen LogP contribution < -0.4 is 5.32 Å². The number of carbonyl (C=O) groups is 2. The molecule has 0 aliphatic rings. The van der Waals surface area contributed by atoms with E-state index < -0.39 is 29.7 Å². The Balaban J connectivity index is 2.11. The lowest BCUT2D eigenvalue weighted by Gasteiger charge is -2.11. The summed E-state index contributed by atoms with van der Waals surface area (Å²) in [6, 6.07) is 7.14. The van der Waals surface area contributed by atoms with Gasteiger partial charge in [-0.25, -0.2) is 4.79 Å². The molecule has 0 saturated heterocycles. The van der Waals surface area contributed by atoms with E-state index in [2.05, 4.69) is 11.9 Å². The topological polar surface area (TPSA) is 68.5 Å². The van der Waals surface area contributed by atoms with Crippen molar-refractivity contribution >= 4 is 11.9 Å². The predicted octanol–water partition coefficient (Wildman–Crippen LogP) is 3.81. The number of hydrogen-bond acceptors (Lipinski definition) is 4. The first-order chi connectivity index (χ1) is 12.2. The van der Waals surface area contributed by atoms with Crippen molar-refractivity contribution in [3.8, 4) is 11.3 Å². The van der Waals surface area contributed by atoms with Gasteiger partial charge in [-0.05, 0) is 31.2 Å². The molecule has 1 aromatic carbocycles. The fourth-order valence-electron chi connectivity index (χ4n) is 2.04. The molecular formula is C18H16F3NO4. The normalized spacial score (nSPS) is 12.3. The Labute approximate surface area is 147 Å². The van der Waals surface area contributed by atoms with E-state index in [1.807, 2.05) is 0 Å². The van der Waals surface area contributed by atoms with Gasteiger partial charge in [0.25, 0.3) is 5.91 Å². The summed E-state index contributed by atoms with van der Waals surface area (Å²) < 4.78 is 48.6. The minimum Gasteiger partial charge on any atom is -0.449 e. The van der Waals surface area contributed by atoms with Crippen molar-refractivity contribution in [2.75, 3.05) is 6.54 Å². The number of rotatable bonds is 6. The zero-order chi connectivity index (χ0) is 19.3. The molecule has 2 rings (SSSR count). The van der Waals surface area contributed by atoms with Crippen molar-refractivity contribution in [3.63, 3.8) is 0 Å². The second-order valence-electron chi connectivity index (χ2n) is 5.32. The van der Waals surface area contributed by atoms with Crippen molar-refractivity contribution in [2.24, 2.45) is 0 Å². The van der Waals surface area contributed by atoms with E-state index in [1.165, 1.54) is 37.3 Å². The summed E-state index contributed by atoms with van der Waals surface area (Å²) in [6.45, 7) is 5.05. The van der Waals surface area contributed by atoms with Crippen LogP contribution in [0.3, 0.4) is 0 Å². The third-order valence-corrected chi connectivity index (χ3v) is 3.36. The Kier molecular flexibility index (Phi) is 5.86. The van der Waals surface area contributed by atoms with E-state index in [-0.39, 0.29) is 23.6 Å². The summed E-state index contributed by atoms with van der Waals surface area (Å²) >= 11 is 0. The lowest BCUT2D eigenvalue weighted by molar-refractivity contribution is -0.137. The second-order valence-corrected chi connectivity index (χ2v) is 5.32. The highest BCUT2D eigenvalue weighted by Gasteiger charge is 2.30. The summed E-state index contributed by atoms with van der Waals surface area (Å²) in [6.07, 6.45) is -4.08. The van der Waals surface area contributed by atoms with Gasteiger partial charge < -0.3 is 14.5 Å². The summed E-state index contributed by atoms with van der Waals surface area (Å²) in [5.74, 6) is -1.56. The average molecular weight is 367 g/mol. The number of alkyl halides is 3. The Morgan fingerprint density at radius 2 is 2.04 bits per heavy atom. The SMILES string of the molecule is C=CCNC(=O)[C@H](C)OC(=O)c1ccc(-c2cccc(C(F)(F)F)c2)o1. The largest absolute Gasteiger partial charge is 0.449 e. The molecule has 0 bridgehead atoms. The smallest absolute Gasteiger partial charge is 0.416 e. The molecule has 1 aromatic heterocycles. The van der Waals surface area contributed by atoms with Gasteiger partial charge in [0.1, 0.15) is 5.76 Å². The van der Waals surface area contributed by atoms with Crippen LogP contribution in [0, 0.1) is 0 Å². The van der Waals surface area contributed by atoms with Gasteiger partial charge in [-0.1, -0.05) is 18.2 Å². The van der Waals surface area contributed by atoms with Crippen molar-refractivity contribution in [1.82, 2.24) is 5.32 Å². The monoisotopic (exact) mass is 367 g/mol. The number of hydrogen-bond donors (Lipinski definition) is 1. The average Bonchev–Trinajstić information content (AvgIpc) is 3.09. The van der Waals surface area contributed by atoms with Crippen LogP contribution in [-0.2, 0) is 15.7 Å². The number of benzene rings is 1. The summed E-state index contributed by atoms with van der Waals surface area (Å²) in [5.41, 5.74) is -0.668. The maximum atomic E-state index is 12.8. The van der Waals surface area contributed by atoms with Crippen molar-refractivity contribution in [2.45, 2.75) is 19.2 Å². The van der Waals surface area contributed by atoms with Gasteiger partial charge in [0.05, 0.1) is 5.56 Å². The van der Waals surface area contributed by atoms with Crippen molar-refractivity contribution in [3.05, 3.63) is 60.4 Å². The molecule has 0 spiro atoms. The molecule has 8 heteroatoms. The number of furan rings is 1. The molecule has 26 heavy (non-hydrogen) atoms. The van der Waals surface area contributed by atoms with Gasteiger partial charge in [-0.2, -0.15) is 13.2 Å². The zero-order valence-electron chi connectivity index (χ0n) is 13.8. The van der Waals surface area contributed by atoms with Crippen LogP contribution in [-0.4, -0.2) is 24.5 Å². The van der Waals surface area contributed by atoms with E-state index in [4.69, 9.17) is 9.15 Å². The minimum atomic E-state index is -4.49. The Bertz CT molecular complexity index is 811. The Hall–Kier alpha value is -3.03. The predicted molar refractivity (Wildman–Crippen MR) is 87.2 cm³/mol. The summed E-state index contributed by atoms with van der Waals surface area (Å²) in [5, 5.41) is 2.47. The Morgan fingerprint density at radius 1 is 1.31 bits per heavy atom. The van der Waals surface area contributed by atoms with Gasteiger partial charge in [-0.3, -0.25) is 4.79 Å². The third kappa shape index (κ3) is 4.75. The van der Waals surface area contributed by atoms with Gasteiger partial charge in [0.15, 0.2) is 6.10 Å². The molecule has 1 N–H and O–H groups in total. The van der Waals surface area contributed by atoms with E-state index in [0.29, 0.717) is 0 Å². The summed E-state index contributed by atoms with van der Waals surface area (Å²) in [7, 11) is 0. The quantitative estimate of drug-likeness (QED) is 0.623. The molecule has 138 valence electrons. The molecule has 1 atom stereocenters. The van der Waals surface area contributed by atoms with E-state index in [0.717, 1.165) is 12.1 Å². The summed E-state index contributed by atoms with van der Waals surface area (Å²) in [4.78, 5) is 23.7. The van der Waals surface area contributed by atoms with Gasteiger partial charge in [0.2, 0.25) is 5.76 Å². The fourth-order valence-corrected chi connectivity index (χ4v) is 2.04. The van der Waals surface area contributed by atoms with E-state index in [9.17, 15) is 22.8 Å². The molecule has 1 amide bonds. The maximum Gasteiger partial charge on any atom is 0.416 e. The lowest BCUT2D eigenvalue weighted by Crippen LogP contribution is -2.35. The van der Waals surface area contributed by atoms with Crippen LogP contribution in [0.5, 0.6) is 0 Å². The number of nitrogens with one attached hydrogen (secondary N) is 1. The highest BCUT2D eigenvalue weighted by molar-refractivity contribution is 5.90. The first-order valence-corrected chi connectivity index (χ1v) is 7.59. The second kappa shape index (κ2) is 7.90. The van der Waals surface area contributed by atoms with Crippen LogP contribution in [0.25, 0.3) is 11.3 Å². The minimum absolute atomic E-state index is 0.0758. The number of halogens is 3. The number of esters is 1. The molecule has 0 radical (unpaired) electrons. The van der Waals surface area contributed by atoms with Crippen molar-refractivity contribution < 1.29 is 31.9 Å². The standard InChI is InChI=1S/C18H16F3NO4/c1-3-9-22-16(23)11(2)25-17(24)15-8-7-14(26-15)12-5-4-6-13(10-12)18(19,20)21/h3-8,10-11H,1,9H2,2H3,(H,22,23)/t11-/m0/s1. The molecule has 0 fully saturated rings. The van der Waals surface area contributed by atoms with Gasteiger partial charge >= 0.3 is 12.1 Å². The van der Waals surface area contributed by atoms with E-state index in [1.54, 1.807) is 0 Å². The fraction of sp³-hybridized carbons (Fsp3) is 0.222. The first-order valence-electron chi connectivity index (χ1n) is 7.59. The third-order valence-electron chi connectivity index (χ3n) is 3.36. The zero-order valence-corrected chi connectivity index (χ0v) is 13.8.